The number of benzene rings is 1. The fraction of sp³-hybridized carbons (Fsp3) is 0.333. The van der Waals surface area contributed by atoms with Crippen molar-refractivity contribution in [2.45, 2.75) is 32.7 Å². The number of furan rings is 1. The Balaban J connectivity index is 1.86. The number of aromatic carboxylic acids is 1. The molecule has 1 amide bonds. The van der Waals surface area contributed by atoms with Crippen LogP contribution in [-0.4, -0.2) is 23.6 Å². The molecular formula is C18H21NO5. The first-order valence-corrected chi connectivity index (χ1v) is 7.81. The Morgan fingerprint density at radius 3 is 2.67 bits per heavy atom. The monoisotopic (exact) mass is 331 g/mol. The van der Waals surface area contributed by atoms with Crippen molar-refractivity contribution in [3.63, 3.8) is 0 Å². The average Bonchev–Trinajstić information content (AvgIpc) is 3.07. The van der Waals surface area contributed by atoms with Crippen LogP contribution >= 0.6 is 0 Å². The van der Waals surface area contributed by atoms with Crippen LogP contribution in [0.15, 0.2) is 40.8 Å². The highest BCUT2D eigenvalue weighted by Crippen LogP contribution is 2.28. The molecule has 24 heavy (non-hydrogen) atoms. The average molecular weight is 331 g/mol. The van der Waals surface area contributed by atoms with Gasteiger partial charge in [-0.1, -0.05) is 32.0 Å². The third kappa shape index (κ3) is 4.62. The van der Waals surface area contributed by atoms with Gasteiger partial charge in [-0.25, -0.2) is 4.79 Å². The Bertz CT molecular complexity index is 707. The van der Waals surface area contributed by atoms with E-state index in [2.05, 4.69) is 19.2 Å². The van der Waals surface area contributed by atoms with Crippen LogP contribution in [0.3, 0.4) is 0 Å². The van der Waals surface area contributed by atoms with E-state index >= 15 is 0 Å². The van der Waals surface area contributed by atoms with Gasteiger partial charge in [-0.3, -0.25) is 4.79 Å². The summed E-state index contributed by atoms with van der Waals surface area (Å²) in [7, 11) is 0. The van der Waals surface area contributed by atoms with Gasteiger partial charge in [0, 0.05) is 0 Å². The predicted molar refractivity (Wildman–Crippen MR) is 88.2 cm³/mol. The first kappa shape index (κ1) is 17.6. The van der Waals surface area contributed by atoms with Crippen molar-refractivity contribution in [2.75, 3.05) is 6.61 Å². The second kappa shape index (κ2) is 8.19. The van der Waals surface area contributed by atoms with E-state index in [0.29, 0.717) is 17.4 Å². The first-order chi connectivity index (χ1) is 11.5. The highest BCUT2D eigenvalue weighted by atomic mass is 16.5. The zero-order valence-electron chi connectivity index (χ0n) is 13.7. The molecule has 0 spiro atoms. The summed E-state index contributed by atoms with van der Waals surface area (Å²) in [6.07, 6.45) is 0.983. The minimum atomic E-state index is -1.14. The number of ether oxygens (including phenoxy) is 1. The quantitative estimate of drug-likeness (QED) is 0.775. The third-order valence-corrected chi connectivity index (χ3v) is 3.75. The van der Waals surface area contributed by atoms with E-state index in [4.69, 9.17) is 14.3 Å². The zero-order valence-corrected chi connectivity index (χ0v) is 13.7. The van der Waals surface area contributed by atoms with Gasteiger partial charge in [-0.15, -0.1) is 0 Å². The number of nitrogens with one attached hydrogen (secondary N) is 1. The molecule has 0 bridgehead atoms. The molecule has 1 atom stereocenters. The summed E-state index contributed by atoms with van der Waals surface area (Å²) in [6, 6.07) is 10.5. The molecule has 0 saturated carbocycles. The van der Waals surface area contributed by atoms with Crippen LogP contribution < -0.4 is 10.1 Å². The molecular weight excluding hydrogens is 310 g/mol. The molecule has 0 unspecified atom stereocenters. The molecule has 6 heteroatoms. The van der Waals surface area contributed by atoms with Gasteiger partial charge in [0.25, 0.3) is 5.91 Å². The number of hydrogen-bond acceptors (Lipinski definition) is 4. The van der Waals surface area contributed by atoms with Gasteiger partial charge in [0.1, 0.15) is 11.5 Å². The molecule has 0 aliphatic rings. The van der Waals surface area contributed by atoms with Crippen LogP contribution in [0.5, 0.6) is 5.75 Å². The molecule has 128 valence electrons. The van der Waals surface area contributed by atoms with Crippen molar-refractivity contribution in [3.8, 4) is 5.75 Å². The summed E-state index contributed by atoms with van der Waals surface area (Å²) >= 11 is 0. The second-order valence-electron chi connectivity index (χ2n) is 5.48. The largest absolute Gasteiger partial charge is 0.483 e. The van der Waals surface area contributed by atoms with Gasteiger partial charge in [-0.05, 0) is 36.1 Å². The summed E-state index contributed by atoms with van der Waals surface area (Å²) in [5, 5.41) is 11.4. The van der Waals surface area contributed by atoms with Crippen LogP contribution in [0.2, 0.25) is 0 Å². The number of carbonyl (C=O) groups is 2. The van der Waals surface area contributed by atoms with Crippen molar-refractivity contribution in [3.05, 3.63) is 53.5 Å². The molecule has 0 saturated heterocycles. The number of hydrogen-bond donors (Lipinski definition) is 2. The molecule has 6 nitrogen and oxygen atoms in total. The van der Waals surface area contributed by atoms with Crippen LogP contribution in [0.1, 0.15) is 48.1 Å². The zero-order chi connectivity index (χ0) is 17.5. The standard InChI is InChI=1S/C18H21NO5/c1-3-12(2)14-6-4-5-7-15(14)23-11-17(20)19-10-13-8-9-16(24-13)18(21)22/h4-9,12H,3,10-11H2,1-2H3,(H,19,20)(H,21,22)/t12-/m0/s1. The molecule has 0 aliphatic carbocycles. The lowest BCUT2D eigenvalue weighted by Gasteiger charge is -2.15. The highest BCUT2D eigenvalue weighted by Gasteiger charge is 2.12. The fourth-order valence-corrected chi connectivity index (χ4v) is 2.21. The van der Waals surface area contributed by atoms with E-state index in [9.17, 15) is 9.59 Å². The molecule has 1 aromatic carbocycles. The third-order valence-electron chi connectivity index (χ3n) is 3.75. The lowest BCUT2D eigenvalue weighted by Crippen LogP contribution is -2.28. The van der Waals surface area contributed by atoms with E-state index in [-0.39, 0.29) is 24.8 Å². The van der Waals surface area contributed by atoms with Crippen molar-refractivity contribution in [2.24, 2.45) is 0 Å². The lowest BCUT2D eigenvalue weighted by molar-refractivity contribution is -0.123. The number of amides is 1. The Morgan fingerprint density at radius 1 is 1.25 bits per heavy atom. The predicted octanol–water partition coefficient (Wildman–Crippen LogP) is 3.19. The molecule has 1 aromatic heterocycles. The van der Waals surface area contributed by atoms with E-state index in [1.807, 2.05) is 24.3 Å². The normalized spacial score (nSPS) is 11.8. The van der Waals surface area contributed by atoms with Gasteiger partial charge in [0.2, 0.25) is 5.76 Å². The van der Waals surface area contributed by atoms with Crippen molar-refractivity contribution < 1.29 is 23.8 Å². The Hall–Kier alpha value is -2.76. The molecule has 2 rings (SSSR count). The molecule has 2 aromatic rings. The first-order valence-electron chi connectivity index (χ1n) is 7.81. The SMILES string of the molecule is CC[C@H](C)c1ccccc1OCC(=O)NCc1ccc(C(=O)O)o1. The molecule has 2 N–H and O–H groups in total. The Kier molecular flexibility index (Phi) is 6.01. The van der Waals surface area contributed by atoms with Gasteiger partial charge in [-0.2, -0.15) is 0 Å². The smallest absolute Gasteiger partial charge is 0.371 e. The number of rotatable bonds is 8. The fourth-order valence-electron chi connectivity index (χ4n) is 2.21. The number of carboxylic acid groups (broad SMARTS) is 1. The second-order valence-corrected chi connectivity index (χ2v) is 5.48. The van der Waals surface area contributed by atoms with Gasteiger partial charge < -0.3 is 19.6 Å². The Labute approximate surface area is 140 Å². The van der Waals surface area contributed by atoms with Gasteiger partial charge in [0.15, 0.2) is 6.61 Å². The van der Waals surface area contributed by atoms with Crippen molar-refractivity contribution in [1.29, 1.82) is 0 Å². The summed E-state index contributed by atoms with van der Waals surface area (Å²) in [4.78, 5) is 22.6. The maximum Gasteiger partial charge on any atom is 0.371 e. The highest BCUT2D eigenvalue weighted by molar-refractivity contribution is 5.84. The Morgan fingerprint density at radius 2 is 2.00 bits per heavy atom. The summed E-state index contributed by atoms with van der Waals surface area (Å²) < 4.78 is 10.7. The van der Waals surface area contributed by atoms with E-state index in [1.165, 1.54) is 12.1 Å². The molecule has 1 heterocycles. The van der Waals surface area contributed by atoms with E-state index in [0.717, 1.165) is 12.0 Å². The van der Waals surface area contributed by atoms with Crippen LogP contribution in [0, 0.1) is 0 Å². The molecule has 0 fully saturated rings. The van der Waals surface area contributed by atoms with Gasteiger partial charge in [0.05, 0.1) is 6.54 Å². The van der Waals surface area contributed by atoms with E-state index in [1.54, 1.807) is 0 Å². The summed E-state index contributed by atoms with van der Waals surface area (Å²) in [6.45, 7) is 4.21. The minimum absolute atomic E-state index is 0.111. The maximum absolute atomic E-state index is 11.9. The number of carboxylic acids is 1. The van der Waals surface area contributed by atoms with Crippen molar-refractivity contribution >= 4 is 11.9 Å². The summed E-state index contributed by atoms with van der Waals surface area (Å²) in [5.41, 5.74) is 1.07. The van der Waals surface area contributed by atoms with Crippen LogP contribution in [-0.2, 0) is 11.3 Å². The van der Waals surface area contributed by atoms with Crippen LogP contribution in [0.4, 0.5) is 0 Å². The minimum Gasteiger partial charge on any atom is -0.483 e. The summed E-state index contributed by atoms with van der Waals surface area (Å²) in [5.74, 6) is -0.173. The van der Waals surface area contributed by atoms with Gasteiger partial charge >= 0.3 is 5.97 Å². The van der Waals surface area contributed by atoms with Crippen molar-refractivity contribution in [1.82, 2.24) is 5.32 Å². The molecule has 0 aliphatic heterocycles. The van der Waals surface area contributed by atoms with E-state index < -0.39 is 5.97 Å². The number of para-hydroxylation sites is 1. The topological polar surface area (TPSA) is 88.8 Å². The molecule has 0 radical (unpaired) electrons. The van der Waals surface area contributed by atoms with Crippen LogP contribution in [0.25, 0.3) is 0 Å². The lowest BCUT2D eigenvalue weighted by atomic mass is 9.98. The number of carbonyl (C=O) groups excluding carboxylic acids is 1. The maximum atomic E-state index is 11.9.